The highest BCUT2D eigenvalue weighted by Gasteiger charge is 2.20. The molecule has 0 heterocycles. The molecule has 1 atom stereocenters. The van der Waals surface area contributed by atoms with Crippen LogP contribution >= 0.6 is 24.0 Å². The third-order valence-electron chi connectivity index (χ3n) is 3.77. The molecule has 6 nitrogen and oxygen atoms in total. The third kappa shape index (κ3) is 8.62. The number of rotatable bonds is 10. The Labute approximate surface area is 167 Å². The van der Waals surface area contributed by atoms with Crippen LogP contribution in [0.4, 0.5) is 0 Å². The van der Waals surface area contributed by atoms with Crippen molar-refractivity contribution in [2.24, 2.45) is 10.9 Å². The fourth-order valence-corrected chi connectivity index (χ4v) is 2.21. The number of hydrogen-bond acceptors (Lipinski definition) is 4. The summed E-state index contributed by atoms with van der Waals surface area (Å²) in [5, 5.41) is 6.50. The van der Waals surface area contributed by atoms with Crippen molar-refractivity contribution in [1.82, 2.24) is 10.6 Å². The van der Waals surface area contributed by atoms with Crippen LogP contribution in [0.25, 0.3) is 0 Å². The van der Waals surface area contributed by atoms with E-state index in [9.17, 15) is 0 Å². The van der Waals surface area contributed by atoms with Crippen LogP contribution < -0.4 is 20.1 Å². The Bertz CT molecular complexity index is 524. The maximum Gasteiger partial charge on any atom is 0.191 e. The van der Waals surface area contributed by atoms with Crippen molar-refractivity contribution in [3.05, 3.63) is 24.3 Å². The van der Waals surface area contributed by atoms with Crippen LogP contribution in [0.1, 0.15) is 19.8 Å². The second-order valence-electron chi connectivity index (χ2n) is 5.98. The zero-order valence-corrected chi connectivity index (χ0v) is 17.6. The summed E-state index contributed by atoms with van der Waals surface area (Å²) in [7, 11) is 3.40. The van der Waals surface area contributed by atoms with Crippen LogP contribution in [0.3, 0.4) is 0 Å². The normalized spacial score (nSPS) is 15.1. The van der Waals surface area contributed by atoms with Gasteiger partial charge in [-0.1, -0.05) is 12.1 Å². The number of guanidine groups is 1. The highest BCUT2D eigenvalue weighted by Crippen LogP contribution is 2.28. The maximum absolute atomic E-state index is 5.91. The van der Waals surface area contributed by atoms with Crippen LogP contribution in [-0.4, -0.2) is 52.5 Å². The predicted molar refractivity (Wildman–Crippen MR) is 111 cm³/mol. The van der Waals surface area contributed by atoms with Gasteiger partial charge in [-0.2, -0.15) is 0 Å². The van der Waals surface area contributed by atoms with Gasteiger partial charge in [-0.15, -0.1) is 24.0 Å². The average molecular weight is 463 g/mol. The molecule has 1 aliphatic carbocycles. The number of aliphatic imine (C=N–C) groups is 1. The molecule has 0 spiro atoms. The van der Waals surface area contributed by atoms with E-state index in [1.165, 1.54) is 12.8 Å². The highest BCUT2D eigenvalue weighted by molar-refractivity contribution is 14.0. The van der Waals surface area contributed by atoms with E-state index in [0.29, 0.717) is 13.2 Å². The molecule has 142 valence electrons. The molecule has 0 aliphatic heterocycles. The summed E-state index contributed by atoms with van der Waals surface area (Å²) in [5.41, 5.74) is 0. The van der Waals surface area contributed by atoms with Gasteiger partial charge in [0.25, 0.3) is 0 Å². The largest absolute Gasteiger partial charge is 0.493 e. The summed E-state index contributed by atoms with van der Waals surface area (Å²) in [4.78, 5) is 4.20. The minimum absolute atomic E-state index is 0. The number of halogens is 1. The third-order valence-corrected chi connectivity index (χ3v) is 3.77. The Morgan fingerprint density at radius 3 is 2.60 bits per heavy atom. The molecule has 1 aromatic carbocycles. The number of hydrogen-bond donors (Lipinski definition) is 2. The van der Waals surface area contributed by atoms with Crippen molar-refractivity contribution >= 4 is 29.9 Å². The zero-order valence-electron chi connectivity index (χ0n) is 15.3. The van der Waals surface area contributed by atoms with Crippen molar-refractivity contribution in [3.8, 4) is 11.5 Å². The van der Waals surface area contributed by atoms with Gasteiger partial charge in [-0.25, -0.2) is 0 Å². The van der Waals surface area contributed by atoms with Crippen LogP contribution in [0.2, 0.25) is 0 Å². The van der Waals surface area contributed by atoms with E-state index in [-0.39, 0.29) is 30.1 Å². The van der Waals surface area contributed by atoms with Crippen LogP contribution in [0, 0.1) is 5.92 Å². The van der Waals surface area contributed by atoms with Gasteiger partial charge in [0.1, 0.15) is 6.10 Å². The summed E-state index contributed by atoms with van der Waals surface area (Å²) in [6.45, 7) is 4.97. The van der Waals surface area contributed by atoms with Crippen LogP contribution in [-0.2, 0) is 4.74 Å². The quantitative estimate of drug-likeness (QED) is 0.242. The minimum atomic E-state index is -0.0223. The molecule has 7 heteroatoms. The molecule has 1 unspecified atom stereocenters. The van der Waals surface area contributed by atoms with Crippen molar-refractivity contribution < 1.29 is 14.2 Å². The number of nitrogens with one attached hydrogen (secondary N) is 2. The standard InChI is InChI=1S/C18H29N3O3.HI/c1-14(24-17-7-5-4-6-16(17)22-3)12-21-18(19-2)20-10-11-23-13-15-8-9-15;/h4-7,14-15H,8-13H2,1-3H3,(H2,19,20,21);1H. The molecular weight excluding hydrogens is 433 g/mol. The van der Waals surface area contributed by atoms with Crippen LogP contribution in [0.15, 0.2) is 29.3 Å². The lowest BCUT2D eigenvalue weighted by Crippen LogP contribution is -2.42. The SMILES string of the molecule is CN=C(NCCOCC1CC1)NCC(C)Oc1ccccc1OC.I. The number of ether oxygens (including phenoxy) is 3. The van der Waals surface area contributed by atoms with Gasteiger partial charge in [0.2, 0.25) is 0 Å². The van der Waals surface area contributed by atoms with Gasteiger partial charge in [0, 0.05) is 20.2 Å². The highest BCUT2D eigenvalue weighted by atomic mass is 127. The number of benzene rings is 1. The average Bonchev–Trinajstić information content (AvgIpc) is 3.42. The van der Waals surface area contributed by atoms with E-state index in [2.05, 4.69) is 15.6 Å². The molecule has 2 rings (SSSR count). The van der Waals surface area contributed by atoms with E-state index in [1.807, 2.05) is 31.2 Å². The Kier molecular flexibility index (Phi) is 10.6. The lowest BCUT2D eigenvalue weighted by atomic mass is 10.3. The Hall–Kier alpha value is -1.22. The molecule has 1 saturated carbocycles. The Balaban J connectivity index is 0.00000312. The van der Waals surface area contributed by atoms with Crippen molar-refractivity contribution in [3.63, 3.8) is 0 Å². The van der Waals surface area contributed by atoms with Crippen molar-refractivity contribution in [2.45, 2.75) is 25.9 Å². The van der Waals surface area contributed by atoms with E-state index < -0.39 is 0 Å². The number of para-hydroxylation sites is 2. The first kappa shape index (κ1) is 21.8. The zero-order chi connectivity index (χ0) is 17.2. The lowest BCUT2D eigenvalue weighted by molar-refractivity contribution is 0.129. The summed E-state index contributed by atoms with van der Waals surface area (Å²) in [6, 6.07) is 7.64. The van der Waals surface area contributed by atoms with Gasteiger partial charge in [-0.3, -0.25) is 4.99 Å². The Morgan fingerprint density at radius 1 is 1.24 bits per heavy atom. The molecule has 2 N–H and O–H groups in total. The summed E-state index contributed by atoms with van der Waals surface area (Å²) in [6.07, 6.45) is 2.62. The predicted octanol–water partition coefficient (Wildman–Crippen LogP) is 2.67. The first-order chi connectivity index (χ1) is 11.7. The molecule has 0 amide bonds. The van der Waals surface area contributed by atoms with Gasteiger partial charge < -0.3 is 24.8 Å². The molecule has 1 fully saturated rings. The maximum atomic E-state index is 5.91. The summed E-state index contributed by atoms with van der Waals surface area (Å²) < 4.78 is 16.8. The first-order valence-electron chi connectivity index (χ1n) is 8.55. The van der Waals surface area contributed by atoms with Crippen LogP contribution in [0.5, 0.6) is 11.5 Å². The first-order valence-corrected chi connectivity index (χ1v) is 8.55. The number of methoxy groups -OCH3 is 1. The lowest BCUT2D eigenvalue weighted by Gasteiger charge is -2.19. The minimum Gasteiger partial charge on any atom is -0.493 e. The van der Waals surface area contributed by atoms with Gasteiger partial charge >= 0.3 is 0 Å². The smallest absolute Gasteiger partial charge is 0.191 e. The second kappa shape index (κ2) is 12.2. The van der Waals surface area contributed by atoms with E-state index in [0.717, 1.165) is 36.5 Å². The van der Waals surface area contributed by atoms with Crippen molar-refractivity contribution in [2.75, 3.05) is 40.5 Å². The summed E-state index contributed by atoms with van der Waals surface area (Å²) >= 11 is 0. The van der Waals surface area contributed by atoms with Gasteiger partial charge in [0.05, 0.1) is 20.3 Å². The van der Waals surface area contributed by atoms with Crippen molar-refractivity contribution in [1.29, 1.82) is 0 Å². The summed E-state index contributed by atoms with van der Waals surface area (Å²) in [5.74, 6) is 3.03. The molecule has 0 bridgehead atoms. The van der Waals surface area contributed by atoms with E-state index in [4.69, 9.17) is 14.2 Å². The van der Waals surface area contributed by atoms with E-state index >= 15 is 0 Å². The second-order valence-corrected chi connectivity index (χ2v) is 5.98. The van der Waals surface area contributed by atoms with E-state index in [1.54, 1.807) is 14.2 Å². The fraction of sp³-hybridized carbons (Fsp3) is 0.611. The fourth-order valence-electron chi connectivity index (χ4n) is 2.21. The Morgan fingerprint density at radius 2 is 1.96 bits per heavy atom. The monoisotopic (exact) mass is 463 g/mol. The topological polar surface area (TPSA) is 64.1 Å². The molecule has 1 aliphatic rings. The van der Waals surface area contributed by atoms with Gasteiger partial charge in [-0.05, 0) is 37.8 Å². The number of nitrogens with zero attached hydrogens (tertiary/aromatic N) is 1. The molecule has 25 heavy (non-hydrogen) atoms. The molecule has 0 aromatic heterocycles. The molecule has 1 aromatic rings. The molecule has 0 saturated heterocycles. The molecular formula is C18H30IN3O3. The van der Waals surface area contributed by atoms with Gasteiger partial charge in [0.15, 0.2) is 17.5 Å². The molecule has 0 radical (unpaired) electrons.